The molecule has 0 atom stereocenters. The van der Waals surface area contributed by atoms with Crippen LogP contribution < -0.4 is 0 Å². The third kappa shape index (κ3) is 2.80. The van der Waals surface area contributed by atoms with E-state index < -0.39 is 0 Å². The molecule has 0 N–H and O–H groups in total. The number of fused-ring (bicyclic) bond motifs is 1. The van der Waals surface area contributed by atoms with Gasteiger partial charge in [0.2, 0.25) is 0 Å². The van der Waals surface area contributed by atoms with Crippen LogP contribution in [0, 0.1) is 0 Å². The molecule has 1 fully saturated rings. The highest BCUT2D eigenvalue weighted by atomic mass is 16.1. The summed E-state index contributed by atoms with van der Waals surface area (Å²) in [6.07, 6.45) is 2.45. The molecule has 2 aromatic carbocycles. The number of hydrogen-bond acceptors (Lipinski definition) is 3. The molecule has 2 aromatic rings. The Hall–Kier alpha value is -2.42. The normalized spacial score (nSPS) is 18.6. The van der Waals surface area contributed by atoms with Gasteiger partial charge in [0, 0.05) is 33.1 Å². The molecular formula is C19H19NO2. The fraction of sp³-hybridized carbons (Fsp3) is 0.263. The summed E-state index contributed by atoms with van der Waals surface area (Å²) in [6.45, 7) is 0. The van der Waals surface area contributed by atoms with Crippen LogP contribution in [0.4, 0.5) is 0 Å². The van der Waals surface area contributed by atoms with Crippen LogP contribution in [0.3, 0.4) is 0 Å². The third-order valence-corrected chi connectivity index (χ3v) is 4.10. The molecule has 0 amide bonds. The zero-order chi connectivity index (χ0) is 15.7. The minimum atomic E-state index is -0.0527. The van der Waals surface area contributed by atoms with Crippen LogP contribution in [0.25, 0.3) is 10.8 Å². The number of carbonyl (C=O) groups excluding carboxylic acids is 2. The average Bonchev–Trinajstić information content (AvgIpc) is 2.50. The lowest BCUT2D eigenvalue weighted by Gasteiger charge is -2.23. The van der Waals surface area contributed by atoms with Crippen LogP contribution in [0.2, 0.25) is 0 Å². The van der Waals surface area contributed by atoms with Gasteiger partial charge < -0.3 is 4.90 Å². The Morgan fingerprint density at radius 2 is 1.59 bits per heavy atom. The summed E-state index contributed by atoms with van der Waals surface area (Å²) < 4.78 is 0. The molecule has 0 saturated heterocycles. The molecule has 0 spiro atoms. The summed E-state index contributed by atoms with van der Waals surface area (Å²) in [7, 11) is 3.64. The Morgan fingerprint density at radius 1 is 0.955 bits per heavy atom. The van der Waals surface area contributed by atoms with Gasteiger partial charge in [-0.05, 0) is 22.3 Å². The molecule has 1 aliphatic rings. The molecule has 3 nitrogen and oxygen atoms in total. The summed E-state index contributed by atoms with van der Waals surface area (Å²) in [5, 5.41) is 2.32. The van der Waals surface area contributed by atoms with Crippen LogP contribution >= 0.6 is 0 Å². The van der Waals surface area contributed by atoms with Gasteiger partial charge in [-0.25, -0.2) is 0 Å². The van der Waals surface area contributed by atoms with Crippen molar-refractivity contribution in [2.75, 3.05) is 14.1 Å². The first-order chi connectivity index (χ1) is 10.5. The number of rotatable bonds is 2. The van der Waals surface area contributed by atoms with Crippen LogP contribution in [-0.2, 0) is 9.59 Å². The first-order valence-electron chi connectivity index (χ1n) is 7.48. The van der Waals surface area contributed by atoms with E-state index in [4.69, 9.17) is 0 Å². The van der Waals surface area contributed by atoms with E-state index in [1.54, 1.807) is 11.1 Å². The van der Waals surface area contributed by atoms with Gasteiger partial charge in [-0.1, -0.05) is 42.5 Å². The van der Waals surface area contributed by atoms with E-state index in [1.807, 2.05) is 32.3 Å². The van der Waals surface area contributed by atoms with Gasteiger partial charge in [-0.2, -0.15) is 0 Å². The molecule has 3 rings (SSSR count). The lowest BCUT2D eigenvalue weighted by Crippen LogP contribution is -2.26. The van der Waals surface area contributed by atoms with Crippen molar-refractivity contribution in [3.63, 3.8) is 0 Å². The SMILES string of the molecule is CN(C)C=C1C(=O)CC(c2ccc3ccccc3c2)CC1=O. The number of carbonyl (C=O) groups is 2. The van der Waals surface area contributed by atoms with Gasteiger partial charge in [0.15, 0.2) is 11.6 Å². The van der Waals surface area contributed by atoms with Crippen LogP contribution in [-0.4, -0.2) is 30.6 Å². The second-order valence-corrected chi connectivity index (χ2v) is 6.06. The second-order valence-electron chi connectivity index (χ2n) is 6.06. The predicted molar refractivity (Wildman–Crippen MR) is 87.7 cm³/mol. The molecule has 0 unspecified atom stereocenters. The monoisotopic (exact) mass is 293 g/mol. The van der Waals surface area contributed by atoms with E-state index in [9.17, 15) is 9.59 Å². The van der Waals surface area contributed by atoms with Gasteiger partial charge >= 0.3 is 0 Å². The van der Waals surface area contributed by atoms with Crippen molar-refractivity contribution in [1.82, 2.24) is 4.90 Å². The first-order valence-corrected chi connectivity index (χ1v) is 7.48. The van der Waals surface area contributed by atoms with Crippen molar-refractivity contribution in [1.29, 1.82) is 0 Å². The standard InChI is InChI=1S/C19H19NO2/c1-20(2)12-17-18(21)10-16(11-19(17)22)15-8-7-13-5-3-4-6-14(13)9-15/h3-9,12,16H,10-11H2,1-2H3. The van der Waals surface area contributed by atoms with Crippen molar-refractivity contribution in [3.05, 3.63) is 59.8 Å². The lowest BCUT2D eigenvalue weighted by molar-refractivity contribution is -0.124. The summed E-state index contributed by atoms with van der Waals surface area (Å²) in [4.78, 5) is 26.3. The summed E-state index contributed by atoms with van der Waals surface area (Å²) >= 11 is 0. The maximum absolute atomic E-state index is 12.3. The topological polar surface area (TPSA) is 37.4 Å². The highest BCUT2D eigenvalue weighted by Crippen LogP contribution is 2.33. The Kier molecular flexibility index (Phi) is 3.80. The van der Waals surface area contributed by atoms with Crippen LogP contribution in [0.15, 0.2) is 54.2 Å². The quantitative estimate of drug-likeness (QED) is 0.630. The summed E-state index contributed by atoms with van der Waals surface area (Å²) in [5.74, 6) is -0.116. The number of ketones is 2. The van der Waals surface area contributed by atoms with Crippen molar-refractivity contribution < 1.29 is 9.59 Å². The zero-order valence-corrected chi connectivity index (χ0v) is 12.9. The number of nitrogens with zero attached hydrogens (tertiary/aromatic N) is 1. The molecule has 0 aliphatic heterocycles. The van der Waals surface area contributed by atoms with E-state index in [0.29, 0.717) is 18.4 Å². The van der Waals surface area contributed by atoms with E-state index in [1.165, 1.54) is 5.39 Å². The number of allylic oxidation sites excluding steroid dienone is 1. The van der Waals surface area contributed by atoms with E-state index >= 15 is 0 Å². The molecule has 0 heterocycles. The average molecular weight is 293 g/mol. The van der Waals surface area contributed by atoms with Crippen molar-refractivity contribution >= 4 is 22.3 Å². The summed E-state index contributed by atoms with van der Waals surface area (Å²) in [6, 6.07) is 14.3. The van der Waals surface area contributed by atoms with Gasteiger partial charge in [0.1, 0.15) is 0 Å². The highest BCUT2D eigenvalue weighted by molar-refractivity contribution is 6.22. The number of Topliss-reactive ketones (excluding diaryl/α,β-unsaturated/α-hetero) is 2. The molecule has 0 aromatic heterocycles. The van der Waals surface area contributed by atoms with Gasteiger partial charge in [-0.3, -0.25) is 9.59 Å². The van der Waals surface area contributed by atoms with Crippen molar-refractivity contribution in [3.8, 4) is 0 Å². The molecule has 112 valence electrons. The highest BCUT2D eigenvalue weighted by Gasteiger charge is 2.31. The van der Waals surface area contributed by atoms with E-state index in [-0.39, 0.29) is 17.5 Å². The van der Waals surface area contributed by atoms with Crippen molar-refractivity contribution in [2.24, 2.45) is 0 Å². The molecule has 1 saturated carbocycles. The largest absolute Gasteiger partial charge is 0.383 e. The van der Waals surface area contributed by atoms with Gasteiger partial charge in [-0.15, -0.1) is 0 Å². The van der Waals surface area contributed by atoms with Crippen molar-refractivity contribution in [2.45, 2.75) is 18.8 Å². The molecular weight excluding hydrogens is 274 g/mol. The minimum Gasteiger partial charge on any atom is -0.383 e. The fourth-order valence-corrected chi connectivity index (χ4v) is 2.99. The molecule has 0 radical (unpaired) electrons. The van der Waals surface area contributed by atoms with Crippen LogP contribution in [0.1, 0.15) is 24.3 Å². The Balaban J connectivity index is 1.90. The third-order valence-electron chi connectivity index (χ3n) is 4.10. The Labute approximate surface area is 130 Å². The van der Waals surface area contributed by atoms with E-state index in [2.05, 4.69) is 24.3 Å². The maximum atomic E-state index is 12.3. The zero-order valence-electron chi connectivity index (χ0n) is 12.9. The van der Waals surface area contributed by atoms with E-state index in [0.717, 1.165) is 10.9 Å². The maximum Gasteiger partial charge on any atom is 0.168 e. The lowest BCUT2D eigenvalue weighted by atomic mass is 9.80. The van der Waals surface area contributed by atoms with Crippen LogP contribution in [0.5, 0.6) is 0 Å². The van der Waals surface area contributed by atoms with Gasteiger partial charge in [0.05, 0.1) is 5.57 Å². The molecule has 3 heteroatoms. The first kappa shape index (κ1) is 14.5. The second kappa shape index (κ2) is 5.76. The number of hydrogen-bond donors (Lipinski definition) is 0. The Morgan fingerprint density at radius 3 is 2.23 bits per heavy atom. The predicted octanol–water partition coefficient (Wildman–Crippen LogP) is 3.30. The molecule has 22 heavy (non-hydrogen) atoms. The molecule has 1 aliphatic carbocycles. The van der Waals surface area contributed by atoms with Gasteiger partial charge in [0.25, 0.3) is 0 Å². The Bertz CT molecular complexity index is 754. The minimum absolute atomic E-state index is 0.0103. The fourth-order valence-electron chi connectivity index (χ4n) is 2.99. The summed E-state index contributed by atoms with van der Waals surface area (Å²) in [5.41, 5.74) is 1.41. The number of benzene rings is 2. The smallest absolute Gasteiger partial charge is 0.168 e. The molecule has 0 bridgehead atoms.